The Morgan fingerprint density at radius 2 is 1.75 bits per heavy atom. The van der Waals surface area contributed by atoms with Crippen LogP contribution >= 0.6 is 0 Å². The van der Waals surface area contributed by atoms with Gasteiger partial charge in [0.1, 0.15) is 0 Å². The summed E-state index contributed by atoms with van der Waals surface area (Å²) in [5.74, 6) is 0.590. The van der Waals surface area contributed by atoms with Gasteiger partial charge in [-0.05, 0) is 25.0 Å². The summed E-state index contributed by atoms with van der Waals surface area (Å²) in [6.07, 6.45) is 2.21. The highest BCUT2D eigenvalue weighted by Crippen LogP contribution is 2.13. The Morgan fingerprint density at radius 3 is 2.25 bits per heavy atom. The molecule has 2 heteroatoms. The van der Waals surface area contributed by atoms with Gasteiger partial charge in [0.2, 0.25) is 0 Å². The Hall–Kier alpha value is -1.31. The molecule has 1 rings (SSSR count). The van der Waals surface area contributed by atoms with Gasteiger partial charge in [0, 0.05) is 11.6 Å². The SMILES string of the molecule is CCC(CC)C(C)NC(=O)c1ccccc1. The number of rotatable bonds is 5. The number of amides is 1. The Morgan fingerprint density at radius 1 is 1.19 bits per heavy atom. The first-order valence-electron chi connectivity index (χ1n) is 6.04. The molecule has 88 valence electrons. The predicted octanol–water partition coefficient (Wildman–Crippen LogP) is 3.24. The quantitative estimate of drug-likeness (QED) is 0.809. The molecular formula is C14H21NO. The second kappa shape index (κ2) is 6.31. The normalized spacial score (nSPS) is 12.5. The van der Waals surface area contributed by atoms with Crippen molar-refractivity contribution in [3.8, 4) is 0 Å². The van der Waals surface area contributed by atoms with E-state index in [-0.39, 0.29) is 11.9 Å². The number of carbonyl (C=O) groups is 1. The lowest BCUT2D eigenvalue weighted by Gasteiger charge is -2.22. The van der Waals surface area contributed by atoms with Gasteiger partial charge in [-0.15, -0.1) is 0 Å². The first-order valence-corrected chi connectivity index (χ1v) is 6.04. The average Bonchev–Trinajstić information content (AvgIpc) is 2.31. The molecule has 0 saturated carbocycles. The molecule has 0 saturated heterocycles. The minimum atomic E-state index is 0.0278. The Labute approximate surface area is 98.1 Å². The lowest BCUT2D eigenvalue weighted by atomic mass is 9.95. The lowest BCUT2D eigenvalue weighted by molar-refractivity contribution is 0.0925. The van der Waals surface area contributed by atoms with Crippen LogP contribution in [0.4, 0.5) is 0 Å². The van der Waals surface area contributed by atoms with Crippen LogP contribution in [0, 0.1) is 5.92 Å². The molecule has 1 aromatic carbocycles. The van der Waals surface area contributed by atoms with E-state index in [0.717, 1.165) is 18.4 Å². The number of carbonyl (C=O) groups excluding carboxylic acids is 1. The summed E-state index contributed by atoms with van der Waals surface area (Å²) in [5.41, 5.74) is 0.736. The fourth-order valence-electron chi connectivity index (χ4n) is 1.99. The highest BCUT2D eigenvalue weighted by atomic mass is 16.1. The van der Waals surface area contributed by atoms with Gasteiger partial charge in [0.05, 0.1) is 0 Å². The minimum absolute atomic E-state index is 0.0278. The number of benzene rings is 1. The van der Waals surface area contributed by atoms with E-state index in [0.29, 0.717) is 5.92 Å². The van der Waals surface area contributed by atoms with Crippen LogP contribution < -0.4 is 5.32 Å². The Bertz CT molecular complexity index is 317. The highest BCUT2D eigenvalue weighted by molar-refractivity contribution is 5.94. The van der Waals surface area contributed by atoms with Gasteiger partial charge < -0.3 is 5.32 Å². The first kappa shape index (κ1) is 12.8. The molecule has 0 spiro atoms. The van der Waals surface area contributed by atoms with Gasteiger partial charge in [0.15, 0.2) is 0 Å². The van der Waals surface area contributed by atoms with Crippen molar-refractivity contribution in [2.24, 2.45) is 5.92 Å². The van der Waals surface area contributed by atoms with Crippen molar-refractivity contribution < 1.29 is 4.79 Å². The molecule has 1 amide bonds. The summed E-state index contributed by atoms with van der Waals surface area (Å²) in [6, 6.07) is 9.61. The molecule has 1 atom stereocenters. The zero-order chi connectivity index (χ0) is 12.0. The zero-order valence-corrected chi connectivity index (χ0v) is 10.4. The third-order valence-corrected chi connectivity index (χ3v) is 3.15. The maximum atomic E-state index is 11.9. The third-order valence-electron chi connectivity index (χ3n) is 3.15. The molecule has 1 unspecified atom stereocenters. The summed E-state index contributed by atoms with van der Waals surface area (Å²) in [6.45, 7) is 6.41. The van der Waals surface area contributed by atoms with Crippen LogP contribution in [0.1, 0.15) is 44.0 Å². The van der Waals surface area contributed by atoms with Crippen LogP contribution in [0.25, 0.3) is 0 Å². The predicted molar refractivity (Wildman–Crippen MR) is 67.4 cm³/mol. The molecule has 0 aliphatic rings. The van der Waals surface area contributed by atoms with Crippen molar-refractivity contribution in [2.45, 2.75) is 39.7 Å². The van der Waals surface area contributed by atoms with Crippen LogP contribution in [0.3, 0.4) is 0 Å². The smallest absolute Gasteiger partial charge is 0.251 e. The summed E-state index contributed by atoms with van der Waals surface area (Å²) in [4.78, 5) is 11.9. The molecule has 0 aliphatic carbocycles. The van der Waals surface area contributed by atoms with Gasteiger partial charge >= 0.3 is 0 Å². The standard InChI is InChI=1S/C14H21NO/c1-4-12(5-2)11(3)15-14(16)13-9-7-6-8-10-13/h6-12H,4-5H2,1-3H3,(H,15,16). The molecule has 0 radical (unpaired) electrons. The number of nitrogens with one attached hydrogen (secondary N) is 1. The van der Waals surface area contributed by atoms with Gasteiger partial charge in [-0.2, -0.15) is 0 Å². The van der Waals surface area contributed by atoms with Gasteiger partial charge in [-0.3, -0.25) is 4.79 Å². The Balaban J connectivity index is 2.58. The third kappa shape index (κ3) is 3.37. The van der Waals surface area contributed by atoms with Crippen molar-refractivity contribution >= 4 is 5.91 Å². The maximum absolute atomic E-state index is 11.9. The maximum Gasteiger partial charge on any atom is 0.251 e. The summed E-state index contributed by atoms with van der Waals surface area (Å²) < 4.78 is 0. The fourth-order valence-corrected chi connectivity index (χ4v) is 1.99. The number of hydrogen-bond acceptors (Lipinski definition) is 1. The molecule has 16 heavy (non-hydrogen) atoms. The van der Waals surface area contributed by atoms with E-state index in [4.69, 9.17) is 0 Å². The molecule has 0 heterocycles. The topological polar surface area (TPSA) is 29.1 Å². The van der Waals surface area contributed by atoms with E-state index < -0.39 is 0 Å². The lowest BCUT2D eigenvalue weighted by Crippen LogP contribution is -2.37. The number of hydrogen-bond donors (Lipinski definition) is 1. The van der Waals surface area contributed by atoms with Crippen molar-refractivity contribution in [3.63, 3.8) is 0 Å². The fraction of sp³-hybridized carbons (Fsp3) is 0.500. The molecule has 1 N–H and O–H groups in total. The minimum Gasteiger partial charge on any atom is -0.349 e. The van der Waals surface area contributed by atoms with Crippen LogP contribution in [-0.4, -0.2) is 11.9 Å². The molecule has 2 nitrogen and oxygen atoms in total. The summed E-state index contributed by atoms with van der Waals surface area (Å²) >= 11 is 0. The molecule has 0 aromatic heterocycles. The molecule has 0 fully saturated rings. The molecule has 0 aliphatic heterocycles. The van der Waals surface area contributed by atoms with E-state index in [1.807, 2.05) is 30.3 Å². The van der Waals surface area contributed by atoms with Crippen LogP contribution in [0.2, 0.25) is 0 Å². The van der Waals surface area contributed by atoms with E-state index >= 15 is 0 Å². The first-order chi connectivity index (χ1) is 7.69. The van der Waals surface area contributed by atoms with E-state index in [1.54, 1.807) is 0 Å². The average molecular weight is 219 g/mol. The summed E-state index contributed by atoms with van der Waals surface area (Å²) in [7, 11) is 0. The highest BCUT2D eigenvalue weighted by Gasteiger charge is 2.16. The van der Waals surface area contributed by atoms with Crippen molar-refractivity contribution in [1.29, 1.82) is 0 Å². The van der Waals surface area contributed by atoms with Gasteiger partial charge in [0.25, 0.3) is 5.91 Å². The van der Waals surface area contributed by atoms with Crippen molar-refractivity contribution in [2.75, 3.05) is 0 Å². The van der Waals surface area contributed by atoms with Gasteiger partial charge in [-0.25, -0.2) is 0 Å². The van der Waals surface area contributed by atoms with Crippen LogP contribution in [0.5, 0.6) is 0 Å². The van der Waals surface area contributed by atoms with Crippen molar-refractivity contribution in [3.05, 3.63) is 35.9 Å². The molecule has 0 bridgehead atoms. The largest absolute Gasteiger partial charge is 0.349 e. The Kier molecular flexibility index (Phi) is 5.03. The molecular weight excluding hydrogens is 198 g/mol. The molecule has 1 aromatic rings. The summed E-state index contributed by atoms with van der Waals surface area (Å²) in [5, 5.41) is 3.06. The van der Waals surface area contributed by atoms with E-state index in [9.17, 15) is 4.79 Å². The van der Waals surface area contributed by atoms with Crippen molar-refractivity contribution in [1.82, 2.24) is 5.32 Å². The van der Waals surface area contributed by atoms with Crippen LogP contribution in [0.15, 0.2) is 30.3 Å². The zero-order valence-electron chi connectivity index (χ0n) is 10.4. The van der Waals surface area contributed by atoms with Gasteiger partial charge in [-0.1, -0.05) is 44.9 Å². The monoisotopic (exact) mass is 219 g/mol. The second-order valence-corrected chi connectivity index (χ2v) is 4.20. The second-order valence-electron chi connectivity index (χ2n) is 4.20. The van der Waals surface area contributed by atoms with E-state index in [2.05, 4.69) is 26.1 Å². The van der Waals surface area contributed by atoms with E-state index in [1.165, 1.54) is 0 Å². The van der Waals surface area contributed by atoms with Crippen LogP contribution in [-0.2, 0) is 0 Å².